The molecule has 3 rings (SSSR count). The molecule has 0 saturated heterocycles. The van der Waals surface area contributed by atoms with E-state index in [1.807, 2.05) is 18.3 Å². The lowest BCUT2D eigenvalue weighted by molar-refractivity contribution is -0.137. The predicted molar refractivity (Wildman–Crippen MR) is 125 cm³/mol. The molecule has 3 aromatic rings. The topological polar surface area (TPSA) is 108 Å². The van der Waals surface area contributed by atoms with Crippen LogP contribution in [0.1, 0.15) is 33.6 Å². The van der Waals surface area contributed by atoms with Crippen LogP contribution in [-0.4, -0.2) is 27.9 Å². The fraction of sp³-hybridized carbons (Fsp3) is 0.120. The first-order valence-corrected chi connectivity index (χ1v) is 10.2. The molecule has 0 bridgehead atoms. The number of ketones is 1. The quantitative estimate of drug-likeness (QED) is 0.281. The molecular formula is C25H20F3N3O4. The number of carboxylic acid groups (broad SMARTS) is 1. The van der Waals surface area contributed by atoms with Gasteiger partial charge < -0.3 is 10.4 Å². The molecule has 7 nitrogen and oxygen atoms in total. The molecule has 0 radical (unpaired) electrons. The van der Waals surface area contributed by atoms with Gasteiger partial charge in [0.15, 0.2) is 5.78 Å². The van der Waals surface area contributed by atoms with Crippen molar-refractivity contribution in [3.63, 3.8) is 0 Å². The molecule has 1 heterocycles. The fourth-order valence-corrected chi connectivity index (χ4v) is 3.39. The summed E-state index contributed by atoms with van der Waals surface area (Å²) in [6.07, 6.45) is -4.46. The van der Waals surface area contributed by atoms with Crippen molar-refractivity contribution >= 4 is 35.2 Å². The van der Waals surface area contributed by atoms with Crippen LogP contribution in [0.4, 0.5) is 29.3 Å². The van der Waals surface area contributed by atoms with Crippen molar-refractivity contribution in [2.45, 2.75) is 19.5 Å². The number of nitrogens with one attached hydrogen (secondary N) is 2. The highest BCUT2D eigenvalue weighted by Gasteiger charge is 2.34. The van der Waals surface area contributed by atoms with Gasteiger partial charge in [-0.05, 0) is 53.9 Å². The minimum absolute atomic E-state index is 0.231. The lowest BCUT2D eigenvalue weighted by atomic mass is 10.00. The maximum absolute atomic E-state index is 13.4. The smallest absolute Gasteiger partial charge is 0.417 e. The van der Waals surface area contributed by atoms with Crippen molar-refractivity contribution in [2.24, 2.45) is 0 Å². The van der Waals surface area contributed by atoms with Gasteiger partial charge in [0.1, 0.15) is 0 Å². The van der Waals surface area contributed by atoms with Crippen LogP contribution in [0.25, 0.3) is 17.2 Å². The second kappa shape index (κ2) is 10.2. The van der Waals surface area contributed by atoms with Gasteiger partial charge in [0.05, 0.1) is 23.4 Å². The zero-order valence-electron chi connectivity index (χ0n) is 18.4. The van der Waals surface area contributed by atoms with Gasteiger partial charge in [-0.25, -0.2) is 4.79 Å². The van der Waals surface area contributed by atoms with Gasteiger partial charge in [0.2, 0.25) is 5.91 Å². The van der Waals surface area contributed by atoms with E-state index in [4.69, 9.17) is 5.11 Å². The number of anilines is 2. The van der Waals surface area contributed by atoms with Gasteiger partial charge in [-0.3, -0.25) is 19.9 Å². The zero-order chi connectivity index (χ0) is 25.8. The SMILES string of the molecule is C=Cc1cc(NC(=O)O)c(NC(=O)CC(=O)c2cccc(-c3ccnc(C)c3)c2)cc1C(F)(F)F. The van der Waals surface area contributed by atoms with Crippen molar-refractivity contribution in [1.82, 2.24) is 4.98 Å². The van der Waals surface area contributed by atoms with Crippen molar-refractivity contribution in [1.29, 1.82) is 0 Å². The summed E-state index contributed by atoms with van der Waals surface area (Å²) in [5.74, 6) is -1.48. The van der Waals surface area contributed by atoms with Crippen molar-refractivity contribution in [3.05, 3.63) is 83.7 Å². The molecule has 1 aromatic heterocycles. The number of halogens is 3. The Hall–Kier alpha value is -4.47. The molecule has 0 aliphatic carbocycles. The number of aromatic nitrogens is 1. The molecule has 180 valence electrons. The first-order valence-electron chi connectivity index (χ1n) is 10.2. The van der Waals surface area contributed by atoms with Crippen LogP contribution in [0.3, 0.4) is 0 Å². The number of pyridine rings is 1. The highest BCUT2D eigenvalue weighted by atomic mass is 19.4. The van der Waals surface area contributed by atoms with Gasteiger partial charge in [-0.1, -0.05) is 30.9 Å². The molecule has 0 atom stereocenters. The third-order valence-corrected chi connectivity index (χ3v) is 4.97. The van der Waals surface area contributed by atoms with Crippen LogP contribution >= 0.6 is 0 Å². The molecule has 35 heavy (non-hydrogen) atoms. The monoisotopic (exact) mass is 483 g/mol. The van der Waals surface area contributed by atoms with E-state index in [0.717, 1.165) is 29.0 Å². The summed E-state index contributed by atoms with van der Waals surface area (Å²) in [6.45, 7) is 5.13. The third kappa shape index (κ3) is 6.32. The molecule has 0 spiro atoms. The fourth-order valence-electron chi connectivity index (χ4n) is 3.39. The van der Waals surface area contributed by atoms with E-state index >= 15 is 0 Å². The van der Waals surface area contributed by atoms with Crippen LogP contribution in [-0.2, 0) is 11.0 Å². The highest BCUT2D eigenvalue weighted by molar-refractivity contribution is 6.12. The number of aryl methyl sites for hydroxylation is 1. The van der Waals surface area contributed by atoms with Crippen LogP contribution in [0.15, 0.2) is 61.3 Å². The Balaban J connectivity index is 1.85. The van der Waals surface area contributed by atoms with Gasteiger partial charge in [0.25, 0.3) is 0 Å². The maximum Gasteiger partial charge on any atom is 0.417 e. The zero-order valence-corrected chi connectivity index (χ0v) is 18.4. The molecular weight excluding hydrogens is 463 g/mol. The Bertz CT molecular complexity index is 1320. The van der Waals surface area contributed by atoms with E-state index in [1.165, 1.54) is 6.07 Å². The number of Topliss-reactive ketones (excluding diaryl/α,β-unsaturated/α-hetero) is 1. The molecule has 0 aliphatic heterocycles. The molecule has 2 aromatic carbocycles. The third-order valence-electron chi connectivity index (χ3n) is 4.97. The van der Waals surface area contributed by atoms with E-state index in [2.05, 4.69) is 16.9 Å². The van der Waals surface area contributed by atoms with Gasteiger partial charge in [-0.2, -0.15) is 13.2 Å². The average Bonchev–Trinajstić information content (AvgIpc) is 2.79. The predicted octanol–water partition coefficient (Wildman–Crippen LogP) is 6.02. The number of carbonyl (C=O) groups is 3. The summed E-state index contributed by atoms with van der Waals surface area (Å²) < 4.78 is 40.3. The number of hydrogen-bond donors (Lipinski definition) is 3. The number of hydrogen-bond acceptors (Lipinski definition) is 4. The van der Waals surface area contributed by atoms with Crippen molar-refractivity contribution in [2.75, 3.05) is 10.6 Å². The van der Waals surface area contributed by atoms with Gasteiger partial charge >= 0.3 is 12.3 Å². The Morgan fingerprint density at radius 3 is 2.34 bits per heavy atom. The van der Waals surface area contributed by atoms with Crippen molar-refractivity contribution in [3.8, 4) is 11.1 Å². The highest BCUT2D eigenvalue weighted by Crippen LogP contribution is 2.38. The van der Waals surface area contributed by atoms with Crippen LogP contribution in [0.5, 0.6) is 0 Å². The minimum Gasteiger partial charge on any atom is -0.465 e. The summed E-state index contributed by atoms with van der Waals surface area (Å²) in [5, 5.41) is 13.2. The molecule has 0 fully saturated rings. The summed E-state index contributed by atoms with van der Waals surface area (Å²) >= 11 is 0. The van der Waals surface area contributed by atoms with E-state index in [0.29, 0.717) is 6.07 Å². The Kier molecular flexibility index (Phi) is 7.34. The molecule has 0 unspecified atom stereocenters. The van der Waals surface area contributed by atoms with Crippen LogP contribution in [0, 0.1) is 6.92 Å². The Morgan fingerprint density at radius 1 is 1.03 bits per heavy atom. The van der Waals surface area contributed by atoms with Gasteiger partial charge in [-0.15, -0.1) is 0 Å². The summed E-state index contributed by atoms with van der Waals surface area (Å²) in [7, 11) is 0. The molecule has 0 saturated carbocycles. The maximum atomic E-state index is 13.4. The second-order valence-electron chi connectivity index (χ2n) is 7.53. The number of benzene rings is 2. The number of amides is 2. The second-order valence-corrected chi connectivity index (χ2v) is 7.53. The molecule has 0 aliphatic rings. The summed E-state index contributed by atoms with van der Waals surface area (Å²) in [6, 6.07) is 11.7. The first kappa shape index (κ1) is 25.2. The molecule has 2 amide bonds. The standard InChI is InChI=1S/C25H20F3N3O4/c1-3-15-11-20(31-24(34)35)21(12-19(15)25(26,27)28)30-23(33)13-22(32)18-6-4-5-16(10-18)17-7-8-29-14(2)9-17/h3-12,31H,1,13H2,2H3,(H,30,33)(H,34,35). The molecule has 3 N–H and O–H groups in total. The first-order chi connectivity index (χ1) is 16.5. The number of alkyl halides is 3. The van der Waals surface area contributed by atoms with Crippen LogP contribution < -0.4 is 10.6 Å². The number of rotatable bonds is 7. The largest absolute Gasteiger partial charge is 0.465 e. The van der Waals surface area contributed by atoms with Crippen molar-refractivity contribution < 1.29 is 32.7 Å². The summed E-state index contributed by atoms with van der Waals surface area (Å²) in [4.78, 5) is 40.5. The normalized spacial score (nSPS) is 11.0. The van der Waals surface area contributed by atoms with Gasteiger partial charge in [0, 0.05) is 17.5 Å². The van der Waals surface area contributed by atoms with E-state index in [1.54, 1.807) is 30.5 Å². The van der Waals surface area contributed by atoms with Crippen LogP contribution in [0.2, 0.25) is 0 Å². The lowest BCUT2D eigenvalue weighted by Gasteiger charge is -2.17. The minimum atomic E-state index is -4.79. The summed E-state index contributed by atoms with van der Waals surface area (Å²) in [5.41, 5.74) is 0.330. The number of carbonyl (C=O) groups excluding carboxylic acids is 2. The Labute approximate surface area is 198 Å². The Morgan fingerprint density at radius 2 is 1.71 bits per heavy atom. The van der Waals surface area contributed by atoms with E-state index in [-0.39, 0.29) is 16.8 Å². The average molecular weight is 483 g/mol. The lowest BCUT2D eigenvalue weighted by Crippen LogP contribution is -2.20. The van der Waals surface area contributed by atoms with E-state index in [9.17, 15) is 27.6 Å². The number of nitrogens with zero attached hydrogens (tertiary/aromatic N) is 1. The molecule has 10 heteroatoms. The van der Waals surface area contributed by atoms with E-state index < -0.39 is 41.6 Å².